The largest absolute Gasteiger partial charge is 0.358 e. The number of fused-ring (bicyclic) bond motifs is 3. The molecule has 3 aliphatic heterocycles. The number of carbonyl (C=O) groups is 3. The maximum Gasteiger partial charge on any atom is 0.253 e. The van der Waals surface area contributed by atoms with Crippen LogP contribution in [0.5, 0.6) is 0 Å². The summed E-state index contributed by atoms with van der Waals surface area (Å²) in [5.74, 6) is -0.250. The highest BCUT2D eigenvalue weighted by Gasteiger charge is 2.40. The third-order valence-electron chi connectivity index (χ3n) is 7.56. The Balaban J connectivity index is 1.40. The lowest BCUT2D eigenvalue weighted by molar-refractivity contribution is -0.125. The molecule has 7 heteroatoms. The smallest absolute Gasteiger partial charge is 0.253 e. The molecule has 3 amide bonds. The molecule has 0 saturated carbocycles. The quantitative estimate of drug-likeness (QED) is 0.718. The molecule has 0 aliphatic carbocycles. The Morgan fingerprint density at radius 3 is 2.51 bits per heavy atom. The first-order valence-corrected chi connectivity index (χ1v) is 12.9. The second-order valence-corrected chi connectivity index (χ2v) is 9.89. The van der Waals surface area contributed by atoms with Crippen molar-refractivity contribution in [3.05, 3.63) is 59.2 Å². The van der Waals surface area contributed by atoms with Gasteiger partial charge in [-0.3, -0.25) is 19.3 Å². The van der Waals surface area contributed by atoms with E-state index in [1.165, 1.54) is 0 Å². The summed E-state index contributed by atoms with van der Waals surface area (Å²) in [7, 11) is 0. The Morgan fingerprint density at radius 1 is 0.943 bits per heavy atom. The van der Waals surface area contributed by atoms with Crippen LogP contribution in [0, 0.1) is 6.92 Å². The predicted molar refractivity (Wildman–Crippen MR) is 137 cm³/mol. The standard InChI is InChI=1S/C28H34N4O3/c1-20-9-3-4-10-22(20)18-29-26(33)19-32-25-17-21(27(34)30-14-6-2-7-15-30)12-13-23(25)31-16-8-5-11-24(31)28(32)35/h3-4,9-10,12-13,17,24H,2,5-8,11,14-16,18-19H2,1H3,(H,29,33)/t24-/m0/s1. The lowest BCUT2D eigenvalue weighted by Gasteiger charge is -2.45. The summed E-state index contributed by atoms with van der Waals surface area (Å²) in [6.07, 6.45) is 6.03. The normalized spacial score (nSPS) is 19.7. The third kappa shape index (κ3) is 4.77. The van der Waals surface area contributed by atoms with Crippen molar-refractivity contribution in [3.8, 4) is 0 Å². The molecular weight excluding hydrogens is 440 g/mol. The number of rotatable bonds is 5. The zero-order valence-electron chi connectivity index (χ0n) is 20.5. The van der Waals surface area contributed by atoms with E-state index in [-0.39, 0.29) is 30.3 Å². The Morgan fingerprint density at radius 2 is 1.71 bits per heavy atom. The summed E-state index contributed by atoms with van der Waals surface area (Å²) >= 11 is 0. The molecule has 1 atom stereocenters. The summed E-state index contributed by atoms with van der Waals surface area (Å²) < 4.78 is 0. The van der Waals surface area contributed by atoms with E-state index >= 15 is 0 Å². The fraction of sp³-hybridized carbons (Fsp3) is 0.464. The van der Waals surface area contributed by atoms with E-state index in [0.717, 1.165) is 75.0 Å². The van der Waals surface area contributed by atoms with Gasteiger partial charge in [-0.25, -0.2) is 0 Å². The second-order valence-electron chi connectivity index (χ2n) is 9.89. The van der Waals surface area contributed by atoms with Gasteiger partial charge in [0.2, 0.25) is 11.8 Å². The molecule has 2 saturated heterocycles. The maximum atomic E-state index is 13.6. The second kappa shape index (κ2) is 10.1. The fourth-order valence-electron chi connectivity index (χ4n) is 5.54. The van der Waals surface area contributed by atoms with Crippen LogP contribution in [0.4, 0.5) is 11.4 Å². The molecule has 3 aliphatic rings. The number of likely N-dealkylation sites (tertiary alicyclic amines) is 1. The van der Waals surface area contributed by atoms with Crippen molar-refractivity contribution >= 4 is 29.1 Å². The molecule has 0 radical (unpaired) electrons. The average molecular weight is 475 g/mol. The molecule has 0 spiro atoms. The van der Waals surface area contributed by atoms with Gasteiger partial charge in [-0.2, -0.15) is 0 Å². The number of benzene rings is 2. The van der Waals surface area contributed by atoms with Gasteiger partial charge in [-0.15, -0.1) is 0 Å². The van der Waals surface area contributed by atoms with E-state index in [1.54, 1.807) is 4.90 Å². The molecule has 0 aromatic heterocycles. The van der Waals surface area contributed by atoms with Crippen LogP contribution in [-0.4, -0.2) is 54.8 Å². The Bertz CT molecular complexity index is 1120. The lowest BCUT2D eigenvalue weighted by Crippen LogP contribution is -2.57. The highest BCUT2D eigenvalue weighted by atomic mass is 16.2. The summed E-state index contributed by atoms with van der Waals surface area (Å²) in [6, 6.07) is 13.4. The molecule has 2 aromatic rings. The van der Waals surface area contributed by atoms with Crippen LogP contribution in [-0.2, 0) is 16.1 Å². The number of anilines is 2. The van der Waals surface area contributed by atoms with Crippen LogP contribution in [0.2, 0.25) is 0 Å². The van der Waals surface area contributed by atoms with E-state index < -0.39 is 0 Å². The number of piperidine rings is 2. The SMILES string of the molecule is Cc1ccccc1CNC(=O)CN1C(=O)[C@@H]2CCCCN2c2ccc(C(=O)N3CCCCC3)cc21. The Labute approximate surface area is 207 Å². The average Bonchev–Trinajstić information content (AvgIpc) is 2.90. The first-order valence-electron chi connectivity index (χ1n) is 12.9. The molecule has 1 N–H and O–H groups in total. The van der Waals surface area contributed by atoms with Crippen molar-refractivity contribution in [3.63, 3.8) is 0 Å². The minimum atomic E-state index is -0.246. The van der Waals surface area contributed by atoms with E-state index in [0.29, 0.717) is 17.8 Å². The van der Waals surface area contributed by atoms with Gasteiger partial charge in [0.15, 0.2) is 0 Å². The van der Waals surface area contributed by atoms with Gasteiger partial charge in [0, 0.05) is 31.7 Å². The third-order valence-corrected chi connectivity index (χ3v) is 7.56. The first kappa shape index (κ1) is 23.4. The number of amides is 3. The van der Waals surface area contributed by atoms with Crippen molar-refractivity contribution in [2.75, 3.05) is 36.0 Å². The number of nitrogens with zero attached hydrogens (tertiary/aromatic N) is 3. The van der Waals surface area contributed by atoms with E-state index in [4.69, 9.17) is 0 Å². The van der Waals surface area contributed by atoms with Crippen LogP contribution in [0.15, 0.2) is 42.5 Å². The van der Waals surface area contributed by atoms with E-state index in [9.17, 15) is 14.4 Å². The van der Waals surface area contributed by atoms with Gasteiger partial charge < -0.3 is 15.1 Å². The molecule has 0 bridgehead atoms. The van der Waals surface area contributed by atoms with Crippen LogP contribution < -0.4 is 15.1 Å². The summed E-state index contributed by atoms with van der Waals surface area (Å²) in [6.45, 7) is 4.75. The molecule has 2 fully saturated rings. The zero-order valence-corrected chi connectivity index (χ0v) is 20.5. The van der Waals surface area contributed by atoms with Crippen LogP contribution in [0.1, 0.15) is 60.0 Å². The molecule has 3 heterocycles. The van der Waals surface area contributed by atoms with Gasteiger partial charge in [0.25, 0.3) is 5.91 Å². The van der Waals surface area contributed by atoms with Crippen molar-refractivity contribution in [2.45, 2.75) is 58.0 Å². The maximum absolute atomic E-state index is 13.6. The lowest BCUT2D eigenvalue weighted by atomic mass is 9.95. The number of nitrogens with one attached hydrogen (secondary N) is 1. The van der Waals surface area contributed by atoms with E-state index in [2.05, 4.69) is 10.2 Å². The van der Waals surface area contributed by atoms with Crippen molar-refractivity contribution < 1.29 is 14.4 Å². The van der Waals surface area contributed by atoms with Crippen LogP contribution >= 0.6 is 0 Å². The van der Waals surface area contributed by atoms with Crippen LogP contribution in [0.25, 0.3) is 0 Å². The summed E-state index contributed by atoms with van der Waals surface area (Å²) in [5, 5.41) is 2.98. The molecule has 2 aromatic carbocycles. The fourth-order valence-corrected chi connectivity index (χ4v) is 5.54. The van der Waals surface area contributed by atoms with Gasteiger partial charge in [-0.05, 0) is 74.8 Å². The minimum absolute atomic E-state index is 0.00432. The molecule has 7 nitrogen and oxygen atoms in total. The monoisotopic (exact) mass is 474 g/mol. The van der Waals surface area contributed by atoms with Gasteiger partial charge in [0.05, 0.1) is 11.4 Å². The molecule has 0 unspecified atom stereocenters. The van der Waals surface area contributed by atoms with Gasteiger partial charge in [0.1, 0.15) is 12.6 Å². The summed E-state index contributed by atoms with van der Waals surface area (Å²) in [4.78, 5) is 45.4. The number of hydrogen-bond donors (Lipinski definition) is 1. The number of carbonyl (C=O) groups excluding carboxylic acids is 3. The topological polar surface area (TPSA) is 73.0 Å². The van der Waals surface area contributed by atoms with Crippen LogP contribution in [0.3, 0.4) is 0 Å². The summed E-state index contributed by atoms with van der Waals surface area (Å²) in [5.41, 5.74) is 4.36. The molecule has 5 rings (SSSR count). The highest BCUT2D eigenvalue weighted by Crippen LogP contribution is 2.40. The molecule has 35 heavy (non-hydrogen) atoms. The minimum Gasteiger partial charge on any atom is -0.358 e. The van der Waals surface area contributed by atoms with Gasteiger partial charge >= 0.3 is 0 Å². The number of aryl methyl sites for hydroxylation is 1. The Kier molecular flexibility index (Phi) is 6.75. The predicted octanol–water partition coefficient (Wildman–Crippen LogP) is 3.64. The van der Waals surface area contributed by atoms with Gasteiger partial charge in [-0.1, -0.05) is 24.3 Å². The highest BCUT2D eigenvalue weighted by molar-refractivity contribution is 6.09. The first-order chi connectivity index (χ1) is 17.0. The molecule has 184 valence electrons. The van der Waals surface area contributed by atoms with Crippen molar-refractivity contribution in [1.82, 2.24) is 10.2 Å². The van der Waals surface area contributed by atoms with Crippen molar-refractivity contribution in [1.29, 1.82) is 0 Å². The Hall–Kier alpha value is -3.35. The number of hydrogen-bond acceptors (Lipinski definition) is 4. The van der Waals surface area contributed by atoms with E-state index in [1.807, 2.05) is 54.3 Å². The molecular formula is C28H34N4O3. The van der Waals surface area contributed by atoms with Crippen molar-refractivity contribution in [2.24, 2.45) is 0 Å². The zero-order chi connectivity index (χ0) is 24.4.